The van der Waals surface area contributed by atoms with Crippen LogP contribution in [0.5, 0.6) is 0 Å². The molecule has 1 unspecified atom stereocenters. The second-order valence-corrected chi connectivity index (χ2v) is 6.16. The van der Waals surface area contributed by atoms with E-state index in [0.29, 0.717) is 17.0 Å². The van der Waals surface area contributed by atoms with Gasteiger partial charge >= 0.3 is 0 Å². The maximum atomic E-state index is 14.1. The first-order chi connectivity index (χ1) is 8.35. The van der Waals surface area contributed by atoms with Crippen LogP contribution in [0.25, 0.3) is 0 Å². The van der Waals surface area contributed by atoms with Gasteiger partial charge in [-0.25, -0.2) is 8.78 Å². The van der Waals surface area contributed by atoms with E-state index >= 15 is 0 Å². The van der Waals surface area contributed by atoms with Crippen molar-refractivity contribution in [3.05, 3.63) is 33.9 Å². The number of fused-ring (bicyclic) bond motifs is 1. The molecule has 1 atom stereocenters. The van der Waals surface area contributed by atoms with E-state index in [1.54, 1.807) is 7.05 Å². The SMILES string of the molecule is CNC1CC(C)(C)CCc2c(Cl)cc(F)c(F)c21. The Balaban J connectivity index is 2.60. The van der Waals surface area contributed by atoms with Gasteiger partial charge < -0.3 is 5.32 Å². The zero-order chi connectivity index (χ0) is 13.5. The first-order valence-corrected chi connectivity index (χ1v) is 6.57. The number of halogens is 3. The van der Waals surface area contributed by atoms with Crippen LogP contribution >= 0.6 is 11.6 Å². The van der Waals surface area contributed by atoms with E-state index in [2.05, 4.69) is 19.2 Å². The van der Waals surface area contributed by atoms with Gasteiger partial charge in [0.25, 0.3) is 0 Å². The van der Waals surface area contributed by atoms with E-state index in [1.165, 1.54) is 0 Å². The Labute approximate surface area is 112 Å². The van der Waals surface area contributed by atoms with Gasteiger partial charge in [-0.3, -0.25) is 0 Å². The number of hydrogen-bond acceptors (Lipinski definition) is 1. The Morgan fingerprint density at radius 1 is 1.39 bits per heavy atom. The van der Waals surface area contributed by atoms with Crippen LogP contribution in [-0.4, -0.2) is 7.05 Å². The number of rotatable bonds is 1. The zero-order valence-corrected chi connectivity index (χ0v) is 11.7. The van der Waals surface area contributed by atoms with Crippen molar-refractivity contribution >= 4 is 11.6 Å². The fourth-order valence-corrected chi connectivity index (χ4v) is 3.03. The molecule has 2 rings (SSSR count). The molecule has 1 aliphatic rings. The molecule has 100 valence electrons. The normalized spacial score (nSPS) is 22.4. The van der Waals surface area contributed by atoms with Crippen LogP contribution in [0.1, 0.15) is 43.9 Å². The van der Waals surface area contributed by atoms with E-state index in [-0.39, 0.29) is 11.5 Å². The molecule has 0 spiro atoms. The van der Waals surface area contributed by atoms with Crippen molar-refractivity contribution in [1.29, 1.82) is 0 Å². The molecule has 0 aliphatic heterocycles. The minimum absolute atomic E-state index is 0.0823. The first kappa shape index (κ1) is 13.8. The fourth-order valence-electron chi connectivity index (χ4n) is 2.74. The van der Waals surface area contributed by atoms with Crippen molar-refractivity contribution in [2.45, 2.75) is 39.2 Å². The Hall–Kier alpha value is -0.670. The van der Waals surface area contributed by atoms with E-state index < -0.39 is 11.6 Å². The summed E-state index contributed by atoms with van der Waals surface area (Å²) in [4.78, 5) is 0. The van der Waals surface area contributed by atoms with Crippen LogP contribution in [0.4, 0.5) is 8.78 Å². The summed E-state index contributed by atoms with van der Waals surface area (Å²) in [5.74, 6) is -1.62. The van der Waals surface area contributed by atoms with Crippen molar-refractivity contribution < 1.29 is 8.78 Å². The summed E-state index contributed by atoms with van der Waals surface area (Å²) in [6.07, 6.45) is 2.38. The Kier molecular flexibility index (Phi) is 3.65. The summed E-state index contributed by atoms with van der Waals surface area (Å²) < 4.78 is 27.6. The molecule has 0 bridgehead atoms. The van der Waals surface area contributed by atoms with Gasteiger partial charge in [-0.15, -0.1) is 0 Å². The summed E-state index contributed by atoms with van der Waals surface area (Å²) in [5, 5.41) is 3.42. The highest BCUT2D eigenvalue weighted by Crippen LogP contribution is 2.42. The molecule has 1 aromatic carbocycles. The van der Waals surface area contributed by atoms with Crippen molar-refractivity contribution in [2.24, 2.45) is 5.41 Å². The molecule has 0 saturated carbocycles. The Morgan fingerprint density at radius 3 is 2.67 bits per heavy atom. The average Bonchev–Trinajstić information content (AvgIpc) is 2.42. The van der Waals surface area contributed by atoms with Crippen LogP contribution in [0.2, 0.25) is 5.02 Å². The van der Waals surface area contributed by atoms with E-state index in [0.717, 1.165) is 24.5 Å². The third-order valence-corrected chi connectivity index (χ3v) is 4.16. The molecule has 1 aromatic rings. The van der Waals surface area contributed by atoms with Crippen molar-refractivity contribution in [1.82, 2.24) is 5.32 Å². The molecular weight excluding hydrogens is 256 g/mol. The summed E-state index contributed by atoms with van der Waals surface area (Å²) in [7, 11) is 1.77. The monoisotopic (exact) mass is 273 g/mol. The molecule has 0 amide bonds. The maximum Gasteiger partial charge on any atom is 0.163 e. The van der Waals surface area contributed by atoms with Crippen molar-refractivity contribution in [3.63, 3.8) is 0 Å². The molecule has 0 aromatic heterocycles. The second-order valence-electron chi connectivity index (χ2n) is 5.76. The summed E-state index contributed by atoms with van der Waals surface area (Å²) in [6, 6.07) is 0.895. The molecular formula is C14H18ClF2N. The molecule has 0 fully saturated rings. The molecule has 1 N–H and O–H groups in total. The van der Waals surface area contributed by atoms with E-state index in [1.807, 2.05) is 0 Å². The lowest BCUT2D eigenvalue weighted by atomic mass is 9.83. The standard InChI is InChI=1S/C14H18ClF2N/c1-14(2)5-4-8-9(15)6-10(16)13(17)12(8)11(7-14)18-3/h6,11,18H,4-5,7H2,1-3H3. The third kappa shape index (κ3) is 2.39. The van der Waals surface area contributed by atoms with E-state index in [9.17, 15) is 8.78 Å². The number of nitrogens with one attached hydrogen (secondary N) is 1. The molecule has 0 radical (unpaired) electrons. The van der Waals surface area contributed by atoms with Gasteiger partial charge in [0.1, 0.15) is 0 Å². The predicted octanol–water partition coefficient (Wildman–Crippen LogP) is 4.24. The van der Waals surface area contributed by atoms with Crippen LogP contribution in [0.15, 0.2) is 6.07 Å². The minimum atomic E-state index is -0.862. The highest BCUT2D eigenvalue weighted by atomic mass is 35.5. The third-order valence-electron chi connectivity index (χ3n) is 3.82. The predicted molar refractivity (Wildman–Crippen MR) is 69.9 cm³/mol. The molecule has 1 nitrogen and oxygen atoms in total. The van der Waals surface area contributed by atoms with Gasteiger partial charge in [-0.1, -0.05) is 25.4 Å². The van der Waals surface area contributed by atoms with Gasteiger partial charge in [0.2, 0.25) is 0 Å². The van der Waals surface area contributed by atoms with Crippen molar-refractivity contribution in [2.75, 3.05) is 7.05 Å². The van der Waals surface area contributed by atoms with Gasteiger partial charge in [-0.2, -0.15) is 0 Å². The number of hydrogen-bond donors (Lipinski definition) is 1. The van der Waals surface area contributed by atoms with Crippen LogP contribution < -0.4 is 5.32 Å². The van der Waals surface area contributed by atoms with Gasteiger partial charge in [0.15, 0.2) is 11.6 Å². The highest BCUT2D eigenvalue weighted by molar-refractivity contribution is 6.31. The van der Waals surface area contributed by atoms with Gasteiger partial charge in [-0.05, 0) is 43.4 Å². The van der Waals surface area contributed by atoms with Gasteiger partial charge in [0, 0.05) is 16.6 Å². The van der Waals surface area contributed by atoms with Crippen molar-refractivity contribution in [3.8, 4) is 0 Å². The molecule has 0 saturated heterocycles. The highest BCUT2D eigenvalue weighted by Gasteiger charge is 2.33. The van der Waals surface area contributed by atoms with Crippen LogP contribution in [0, 0.1) is 17.0 Å². The second kappa shape index (κ2) is 4.78. The minimum Gasteiger partial charge on any atom is -0.313 e. The first-order valence-electron chi connectivity index (χ1n) is 6.19. The smallest absolute Gasteiger partial charge is 0.163 e. The lowest BCUT2D eigenvalue weighted by molar-refractivity contribution is 0.277. The zero-order valence-electron chi connectivity index (χ0n) is 10.9. The average molecular weight is 274 g/mol. The summed E-state index contributed by atoms with van der Waals surface area (Å²) in [6.45, 7) is 4.29. The largest absolute Gasteiger partial charge is 0.313 e. The summed E-state index contributed by atoms with van der Waals surface area (Å²) in [5.41, 5.74) is 1.24. The maximum absolute atomic E-state index is 14.1. The Morgan fingerprint density at radius 2 is 2.06 bits per heavy atom. The Bertz CT molecular complexity index is 471. The topological polar surface area (TPSA) is 12.0 Å². The number of benzene rings is 1. The van der Waals surface area contributed by atoms with Crippen LogP contribution in [-0.2, 0) is 6.42 Å². The fraction of sp³-hybridized carbons (Fsp3) is 0.571. The quantitative estimate of drug-likeness (QED) is 0.596. The molecule has 18 heavy (non-hydrogen) atoms. The molecule has 4 heteroatoms. The summed E-state index contributed by atoms with van der Waals surface area (Å²) >= 11 is 6.07. The molecule has 0 heterocycles. The lowest BCUT2D eigenvalue weighted by Gasteiger charge is -2.26. The van der Waals surface area contributed by atoms with E-state index in [4.69, 9.17) is 11.6 Å². The molecule has 1 aliphatic carbocycles. The van der Waals surface area contributed by atoms with Crippen LogP contribution in [0.3, 0.4) is 0 Å². The lowest BCUT2D eigenvalue weighted by Crippen LogP contribution is -2.23. The van der Waals surface area contributed by atoms with Gasteiger partial charge in [0.05, 0.1) is 0 Å².